The first-order valence-electron chi connectivity index (χ1n) is 4.72. The van der Waals surface area contributed by atoms with Crippen LogP contribution in [0.1, 0.15) is 17.5 Å². The predicted octanol–water partition coefficient (Wildman–Crippen LogP) is 2.20. The normalized spacial score (nSPS) is 27.5. The lowest BCUT2D eigenvalue weighted by molar-refractivity contribution is 0.0884. The van der Waals surface area contributed by atoms with Gasteiger partial charge in [0.25, 0.3) is 5.92 Å². The highest BCUT2D eigenvalue weighted by Gasteiger charge is 2.70. The van der Waals surface area contributed by atoms with E-state index in [0.29, 0.717) is 11.3 Å². The molecule has 4 heteroatoms. The summed E-state index contributed by atoms with van der Waals surface area (Å²) in [5.74, 6) is -2.38. The molecule has 15 heavy (non-hydrogen) atoms. The van der Waals surface area contributed by atoms with Crippen molar-refractivity contribution in [3.8, 4) is 5.75 Å². The van der Waals surface area contributed by atoms with Crippen molar-refractivity contribution in [2.24, 2.45) is 5.73 Å². The molecule has 82 valence electrons. The summed E-state index contributed by atoms with van der Waals surface area (Å²) in [5.41, 5.74) is 5.42. The van der Waals surface area contributed by atoms with Crippen LogP contribution in [0.15, 0.2) is 18.2 Å². The molecule has 2 rings (SSSR count). The first kappa shape index (κ1) is 10.4. The lowest BCUT2D eigenvalue weighted by Crippen LogP contribution is -2.27. The van der Waals surface area contributed by atoms with E-state index in [4.69, 9.17) is 10.5 Å². The molecule has 0 aromatic heterocycles. The van der Waals surface area contributed by atoms with Crippen molar-refractivity contribution < 1.29 is 13.5 Å². The zero-order chi connectivity index (χ0) is 11.3. The Bertz CT molecular complexity index is 406. The van der Waals surface area contributed by atoms with Gasteiger partial charge in [0.05, 0.1) is 7.11 Å². The number of ether oxygens (including phenoxy) is 1. The molecule has 0 bridgehead atoms. The Labute approximate surface area is 87.0 Å². The van der Waals surface area contributed by atoms with Crippen LogP contribution in [0.25, 0.3) is 0 Å². The number of halogens is 2. The van der Waals surface area contributed by atoms with Gasteiger partial charge in [0.15, 0.2) is 0 Å². The zero-order valence-electron chi connectivity index (χ0n) is 8.68. The lowest BCUT2D eigenvalue weighted by Gasteiger charge is -2.15. The maximum atomic E-state index is 13.1. The summed E-state index contributed by atoms with van der Waals surface area (Å²) >= 11 is 0. The van der Waals surface area contributed by atoms with Crippen LogP contribution in [0.3, 0.4) is 0 Å². The van der Waals surface area contributed by atoms with Crippen LogP contribution in [0.2, 0.25) is 0 Å². The van der Waals surface area contributed by atoms with E-state index in [9.17, 15) is 8.78 Å². The summed E-state index contributed by atoms with van der Waals surface area (Å²) in [7, 11) is 1.46. The maximum Gasteiger partial charge on any atom is 0.272 e. The SMILES string of the molecule is COc1ccc(C)cc1C1(N)CC1(F)F. The molecular formula is C11H13F2NO. The second-order valence-electron chi connectivity index (χ2n) is 4.06. The number of alkyl halides is 2. The Balaban J connectivity index is 2.48. The van der Waals surface area contributed by atoms with Crippen LogP contribution in [-0.2, 0) is 5.54 Å². The molecule has 2 nitrogen and oxygen atoms in total. The average molecular weight is 213 g/mol. The quantitative estimate of drug-likeness (QED) is 0.817. The fourth-order valence-corrected chi connectivity index (χ4v) is 1.77. The molecule has 0 heterocycles. The second kappa shape index (κ2) is 2.92. The Morgan fingerprint density at radius 1 is 1.40 bits per heavy atom. The summed E-state index contributed by atoms with van der Waals surface area (Å²) in [5, 5.41) is 0. The fourth-order valence-electron chi connectivity index (χ4n) is 1.77. The smallest absolute Gasteiger partial charge is 0.272 e. The van der Waals surface area contributed by atoms with Crippen molar-refractivity contribution in [1.29, 1.82) is 0 Å². The van der Waals surface area contributed by atoms with Gasteiger partial charge in [-0.1, -0.05) is 17.7 Å². The highest BCUT2D eigenvalue weighted by Crippen LogP contribution is 2.59. The van der Waals surface area contributed by atoms with Gasteiger partial charge in [-0.3, -0.25) is 0 Å². The predicted molar refractivity (Wildman–Crippen MR) is 53.2 cm³/mol. The average Bonchev–Trinajstić information content (AvgIpc) is 2.67. The first-order valence-corrected chi connectivity index (χ1v) is 4.72. The van der Waals surface area contributed by atoms with Gasteiger partial charge in [-0.15, -0.1) is 0 Å². The van der Waals surface area contributed by atoms with Crippen LogP contribution in [0.5, 0.6) is 5.75 Å². The van der Waals surface area contributed by atoms with Gasteiger partial charge >= 0.3 is 0 Å². The highest BCUT2D eigenvalue weighted by atomic mass is 19.3. The third-order valence-electron chi connectivity index (χ3n) is 2.86. The Kier molecular flexibility index (Phi) is 2.01. The molecule has 1 atom stereocenters. The third kappa shape index (κ3) is 1.40. The molecule has 2 N–H and O–H groups in total. The Morgan fingerprint density at radius 3 is 2.47 bits per heavy atom. The first-order chi connectivity index (χ1) is 6.90. The summed E-state index contributed by atoms with van der Waals surface area (Å²) in [6.45, 7) is 1.84. The minimum absolute atomic E-state index is 0.306. The third-order valence-corrected chi connectivity index (χ3v) is 2.86. The van der Waals surface area contributed by atoms with Crippen molar-refractivity contribution in [3.63, 3.8) is 0 Å². The minimum atomic E-state index is -2.81. The zero-order valence-corrected chi connectivity index (χ0v) is 8.68. The number of nitrogens with two attached hydrogens (primary N) is 1. The highest BCUT2D eigenvalue weighted by molar-refractivity contribution is 5.47. The van der Waals surface area contributed by atoms with Crippen molar-refractivity contribution in [3.05, 3.63) is 29.3 Å². The van der Waals surface area contributed by atoms with Crippen LogP contribution in [0, 0.1) is 6.92 Å². The molecule has 1 unspecified atom stereocenters. The number of methoxy groups -OCH3 is 1. The van der Waals surface area contributed by atoms with E-state index >= 15 is 0 Å². The molecule has 0 saturated heterocycles. The Morgan fingerprint density at radius 2 is 2.00 bits per heavy atom. The second-order valence-corrected chi connectivity index (χ2v) is 4.06. The largest absolute Gasteiger partial charge is 0.496 e. The van der Waals surface area contributed by atoms with Gasteiger partial charge in [0.1, 0.15) is 11.3 Å². The van der Waals surface area contributed by atoms with Gasteiger partial charge in [-0.2, -0.15) is 0 Å². The molecule has 0 aliphatic heterocycles. The van der Waals surface area contributed by atoms with E-state index in [1.165, 1.54) is 7.11 Å². The summed E-state index contributed by atoms with van der Waals surface area (Å²) < 4.78 is 31.3. The van der Waals surface area contributed by atoms with Crippen molar-refractivity contribution in [2.75, 3.05) is 7.11 Å². The Hall–Kier alpha value is -1.16. The number of hydrogen-bond donors (Lipinski definition) is 1. The van der Waals surface area contributed by atoms with Gasteiger partial charge in [0, 0.05) is 12.0 Å². The van der Waals surface area contributed by atoms with Gasteiger partial charge in [-0.05, 0) is 13.0 Å². The molecule has 1 aromatic rings. The molecule has 0 amide bonds. The van der Waals surface area contributed by atoms with E-state index in [1.807, 2.05) is 13.0 Å². The van der Waals surface area contributed by atoms with E-state index < -0.39 is 11.5 Å². The van der Waals surface area contributed by atoms with Crippen molar-refractivity contribution in [2.45, 2.75) is 24.8 Å². The lowest BCUT2D eigenvalue weighted by atomic mass is 10.0. The summed E-state index contributed by atoms with van der Waals surface area (Å²) in [4.78, 5) is 0. The molecule has 0 radical (unpaired) electrons. The van der Waals surface area contributed by atoms with Gasteiger partial charge < -0.3 is 10.5 Å². The van der Waals surface area contributed by atoms with E-state index in [-0.39, 0.29) is 6.42 Å². The number of benzene rings is 1. The minimum Gasteiger partial charge on any atom is -0.496 e. The van der Waals surface area contributed by atoms with Gasteiger partial charge in [-0.25, -0.2) is 8.78 Å². The van der Waals surface area contributed by atoms with E-state index in [2.05, 4.69) is 0 Å². The molecule has 1 aliphatic carbocycles. The van der Waals surface area contributed by atoms with E-state index in [1.54, 1.807) is 12.1 Å². The topological polar surface area (TPSA) is 35.2 Å². The maximum absolute atomic E-state index is 13.1. The fraction of sp³-hybridized carbons (Fsp3) is 0.455. The molecule has 1 fully saturated rings. The van der Waals surface area contributed by atoms with Gasteiger partial charge in [0.2, 0.25) is 0 Å². The molecule has 1 aliphatic rings. The van der Waals surface area contributed by atoms with Crippen LogP contribution < -0.4 is 10.5 Å². The summed E-state index contributed by atoms with van der Waals surface area (Å²) in [6.07, 6.45) is -0.306. The van der Waals surface area contributed by atoms with Crippen LogP contribution in [-0.4, -0.2) is 13.0 Å². The number of aryl methyl sites for hydroxylation is 1. The summed E-state index contributed by atoms with van der Waals surface area (Å²) in [6, 6.07) is 5.15. The molecule has 1 saturated carbocycles. The number of hydrogen-bond acceptors (Lipinski definition) is 2. The standard InChI is InChI=1S/C11H13F2NO/c1-7-3-4-9(15-2)8(5-7)10(14)6-11(10,12)13/h3-5H,6,14H2,1-2H3. The molecule has 1 aromatic carbocycles. The number of rotatable bonds is 2. The molecule has 0 spiro atoms. The molecular weight excluding hydrogens is 200 g/mol. The van der Waals surface area contributed by atoms with Crippen LogP contribution in [0.4, 0.5) is 8.78 Å². The van der Waals surface area contributed by atoms with Crippen molar-refractivity contribution in [1.82, 2.24) is 0 Å². The van der Waals surface area contributed by atoms with E-state index in [0.717, 1.165) is 5.56 Å². The van der Waals surface area contributed by atoms with Crippen molar-refractivity contribution >= 4 is 0 Å². The monoisotopic (exact) mass is 213 g/mol. The van der Waals surface area contributed by atoms with Crippen LogP contribution >= 0.6 is 0 Å².